The summed E-state index contributed by atoms with van der Waals surface area (Å²) in [5.41, 5.74) is 0.906. The third-order valence-electron chi connectivity index (χ3n) is 8.10. The van der Waals surface area contributed by atoms with Crippen LogP contribution in [-0.2, 0) is 14.2 Å². The molecule has 0 N–H and O–H groups in total. The Morgan fingerprint density at radius 2 is 1.34 bits per heavy atom. The van der Waals surface area contributed by atoms with Crippen LogP contribution in [0, 0.1) is 17.6 Å². The summed E-state index contributed by atoms with van der Waals surface area (Å²) in [7, 11) is 1.19. The summed E-state index contributed by atoms with van der Waals surface area (Å²) < 4.78 is 74.0. The van der Waals surface area contributed by atoms with E-state index in [0.717, 1.165) is 51.6 Å². The first kappa shape index (κ1) is 34.7. The Hall–Kier alpha value is -2.54. The third kappa shape index (κ3) is 10.4. The number of halogens is 4. The van der Waals surface area contributed by atoms with Gasteiger partial charge in [0.1, 0.15) is 0 Å². The Labute approximate surface area is 244 Å². The molecule has 3 nitrogen and oxygen atoms in total. The molecule has 0 bridgehead atoms. The number of hydrogen-bond donors (Lipinski definition) is 0. The van der Waals surface area contributed by atoms with Gasteiger partial charge in [-0.3, -0.25) is 0 Å². The molecule has 2 fully saturated rings. The summed E-state index contributed by atoms with van der Waals surface area (Å²) >= 11 is 0. The van der Waals surface area contributed by atoms with E-state index in [2.05, 4.69) is 38.3 Å². The molecule has 0 spiro atoms. The topological polar surface area (TPSA) is 27.7 Å². The van der Waals surface area contributed by atoms with Gasteiger partial charge in [0.25, 0.3) is 0 Å². The van der Waals surface area contributed by atoms with Gasteiger partial charge < -0.3 is 14.2 Å². The van der Waals surface area contributed by atoms with E-state index in [4.69, 9.17) is 9.47 Å². The van der Waals surface area contributed by atoms with Gasteiger partial charge >= 0.3 is 0 Å². The van der Waals surface area contributed by atoms with E-state index in [1.165, 1.54) is 7.11 Å². The number of methoxy groups -OCH3 is 1. The van der Waals surface area contributed by atoms with Gasteiger partial charge in [-0.15, -0.1) is 6.58 Å². The molecular formula is C34H48F4O3. The van der Waals surface area contributed by atoms with Gasteiger partial charge in [0.05, 0.1) is 19.8 Å². The number of ether oxygens (including phenoxy) is 3. The molecule has 0 unspecified atom stereocenters. The Balaban J connectivity index is 0.00000138. The molecule has 0 amide bonds. The number of hydrogen-bond acceptors (Lipinski definition) is 3. The van der Waals surface area contributed by atoms with Crippen LogP contribution in [0.1, 0.15) is 107 Å². The van der Waals surface area contributed by atoms with Gasteiger partial charge in [-0.1, -0.05) is 51.6 Å². The number of allylic oxidation sites excluding steroid dienone is 3. The lowest BCUT2D eigenvalue weighted by molar-refractivity contribution is 0.0230. The lowest BCUT2D eigenvalue weighted by atomic mass is 9.77. The highest BCUT2D eigenvalue weighted by Crippen LogP contribution is 2.41. The Kier molecular flexibility index (Phi) is 15.3. The molecule has 230 valence electrons. The van der Waals surface area contributed by atoms with Crippen molar-refractivity contribution < 1.29 is 31.8 Å². The lowest BCUT2D eigenvalue weighted by Crippen LogP contribution is -2.22. The maximum Gasteiger partial charge on any atom is 0.203 e. The van der Waals surface area contributed by atoms with Crippen LogP contribution in [0.5, 0.6) is 0 Å². The first-order valence-electron chi connectivity index (χ1n) is 15.0. The maximum absolute atomic E-state index is 15.2. The predicted molar refractivity (Wildman–Crippen MR) is 158 cm³/mol. The highest BCUT2D eigenvalue weighted by atomic mass is 19.2. The van der Waals surface area contributed by atoms with Crippen molar-refractivity contribution in [2.24, 2.45) is 5.92 Å². The summed E-state index contributed by atoms with van der Waals surface area (Å²) in [6, 6.07) is 3.53. The second-order valence-electron chi connectivity index (χ2n) is 11.0. The van der Waals surface area contributed by atoms with Crippen molar-refractivity contribution in [1.82, 2.24) is 0 Å². The van der Waals surface area contributed by atoms with Crippen LogP contribution >= 0.6 is 0 Å². The van der Waals surface area contributed by atoms with Crippen molar-refractivity contribution in [1.29, 1.82) is 0 Å². The van der Waals surface area contributed by atoms with E-state index in [0.29, 0.717) is 36.8 Å². The SMILES string of the molecule is C=C(OC)/C(F)=C(/F)C(=C)OCC1CCC(c2ccc(C3CCC(OCCCC)CC3)c(F)c2F)CC1.C=CCC. The summed E-state index contributed by atoms with van der Waals surface area (Å²) in [5, 5.41) is 0. The lowest BCUT2D eigenvalue weighted by Gasteiger charge is -2.31. The molecule has 0 atom stereocenters. The first-order valence-corrected chi connectivity index (χ1v) is 15.0. The van der Waals surface area contributed by atoms with Gasteiger partial charge in [-0.2, -0.15) is 8.78 Å². The fourth-order valence-corrected chi connectivity index (χ4v) is 5.40. The van der Waals surface area contributed by atoms with Crippen molar-refractivity contribution in [3.8, 4) is 0 Å². The van der Waals surface area contributed by atoms with Crippen LogP contribution in [0.2, 0.25) is 0 Å². The highest BCUT2D eigenvalue weighted by Gasteiger charge is 2.30. The van der Waals surface area contributed by atoms with E-state index in [9.17, 15) is 8.78 Å². The Morgan fingerprint density at radius 1 is 0.854 bits per heavy atom. The molecule has 0 saturated heterocycles. The summed E-state index contributed by atoms with van der Waals surface area (Å²) in [6.45, 7) is 15.3. The van der Waals surface area contributed by atoms with E-state index in [1.807, 2.05) is 6.08 Å². The van der Waals surface area contributed by atoms with Crippen molar-refractivity contribution >= 4 is 0 Å². The van der Waals surface area contributed by atoms with E-state index < -0.39 is 34.8 Å². The zero-order valence-corrected chi connectivity index (χ0v) is 25.1. The van der Waals surface area contributed by atoms with Gasteiger partial charge in [0.2, 0.25) is 11.7 Å². The van der Waals surface area contributed by atoms with Crippen LogP contribution in [0.3, 0.4) is 0 Å². The molecule has 1 aromatic rings. The first-order chi connectivity index (χ1) is 19.7. The highest BCUT2D eigenvalue weighted by molar-refractivity contribution is 5.32. The van der Waals surface area contributed by atoms with Crippen molar-refractivity contribution in [3.05, 3.63) is 83.9 Å². The van der Waals surface area contributed by atoms with Gasteiger partial charge in [0.15, 0.2) is 23.2 Å². The monoisotopic (exact) mass is 580 g/mol. The average Bonchev–Trinajstić information content (AvgIpc) is 3.01. The zero-order chi connectivity index (χ0) is 30.4. The molecule has 2 aliphatic rings. The summed E-state index contributed by atoms with van der Waals surface area (Å²) in [5.74, 6) is -4.74. The molecule has 0 heterocycles. The Morgan fingerprint density at radius 3 is 1.80 bits per heavy atom. The smallest absolute Gasteiger partial charge is 0.203 e. The largest absolute Gasteiger partial charge is 0.494 e. The predicted octanol–water partition coefficient (Wildman–Crippen LogP) is 10.5. The van der Waals surface area contributed by atoms with E-state index in [1.54, 1.807) is 12.1 Å². The molecule has 0 radical (unpaired) electrons. The second-order valence-corrected chi connectivity index (χ2v) is 11.0. The molecule has 41 heavy (non-hydrogen) atoms. The van der Waals surface area contributed by atoms with Gasteiger partial charge in [-0.05, 0) is 93.1 Å². The number of rotatable bonds is 13. The molecule has 2 saturated carbocycles. The molecule has 2 aliphatic carbocycles. The zero-order valence-electron chi connectivity index (χ0n) is 25.1. The van der Waals surface area contributed by atoms with Crippen molar-refractivity contribution in [3.63, 3.8) is 0 Å². The Bertz CT molecular complexity index is 1020. The van der Waals surface area contributed by atoms with Crippen LogP contribution in [-0.4, -0.2) is 26.4 Å². The van der Waals surface area contributed by atoms with Crippen LogP contribution in [0.4, 0.5) is 17.6 Å². The van der Waals surface area contributed by atoms with Crippen molar-refractivity contribution in [2.45, 2.75) is 102 Å². The minimum atomic E-state index is -1.24. The van der Waals surface area contributed by atoms with Crippen LogP contribution in [0.25, 0.3) is 0 Å². The molecule has 0 aliphatic heterocycles. The average molecular weight is 581 g/mol. The molecular weight excluding hydrogens is 532 g/mol. The van der Waals surface area contributed by atoms with Gasteiger partial charge in [-0.25, -0.2) is 8.78 Å². The summed E-state index contributed by atoms with van der Waals surface area (Å²) in [6.07, 6.45) is 11.5. The van der Waals surface area contributed by atoms with Crippen LogP contribution < -0.4 is 0 Å². The molecule has 7 heteroatoms. The number of unbranched alkanes of at least 4 members (excludes halogenated alkanes) is 1. The standard InChI is InChI=1S/C30H40F4O3.C4H8/c1-5-6-17-36-24-13-11-23(12-14-24)26-16-15-25(29(33)30(26)34)22-9-7-21(8-10-22)18-37-20(3)28(32)27(31)19(2)35-4;1-3-4-2/h15-16,21-24H,2-3,5-14,17-18H2,1,4H3;3H,1,4H2,2H3/b28-27-;. The molecule has 1 aromatic carbocycles. The quantitative estimate of drug-likeness (QED) is 0.0764. The van der Waals surface area contributed by atoms with Crippen LogP contribution in [0.15, 0.2) is 61.1 Å². The van der Waals surface area contributed by atoms with E-state index in [-0.39, 0.29) is 30.5 Å². The number of benzene rings is 1. The minimum absolute atomic E-state index is 0.0240. The van der Waals surface area contributed by atoms with Crippen molar-refractivity contribution in [2.75, 3.05) is 20.3 Å². The summed E-state index contributed by atoms with van der Waals surface area (Å²) in [4.78, 5) is 0. The second kappa shape index (κ2) is 18.1. The van der Waals surface area contributed by atoms with E-state index >= 15 is 8.78 Å². The third-order valence-corrected chi connectivity index (χ3v) is 8.10. The van der Waals surface area contributed by atoms with Gasteiger partial charge in [0, 0.05) is 6.61 Å². The molecule has 3 rings (SSSR count). The fraction of sp³-hybridized carbons (Fsp3) is 0.588. The minimum Gasteiger partial charge on any atom is -0.494 e. The normalized spacial score (nSPS) is 23.0. The fourth-order valence-electron chi connectivity index (χ4n) is 5.40. The maximum atomic E-state index is 15.2. The molecule has 0 aromatic heterocycles.